The van der Waals surface area contributed by atoms with Gasteiger partial charge in [0.1, 0.15) is 10.3 Å². The van der Waals surface area contributed by atoms with Crippen molar-refractivity contribution in [2.45, 2.75) is 32.1 Å². The van der Waals surface area contributed by atoms with E-state index in [0.29, 0.717) is 12.1 Å². The zero-order valence-corrected chi connectivity index (χ0v) is 20.9. The van der Waals surface area contributed by atoms with Gasteiger partial charge in [0, 0.05) is 18.7 Å². The predicted molar refractivity (Wildman–Crippen MR) is 131 cm³/mol. The molecule has 1 amide bonds. The number of halogens is 4. The summed E-state index contributed by atoms with van der Waals surface area (Å²) in [7, 11) is 1.72. The summed E-state index contributed by atoms with van der Waals surface area (Å²) in [5.74, 6) is -0.470. The molecule has 1 aromatic heterocycles. The van der Waals surface area contributed by atoms with Crippen molar-refractivity contribution in [3.63, 3.8) is 0 Å². The van der Waals surface area contributed by atoms with Crippen molar-refractivity contribution in [3.05, 3.63) is 98.1 Å². The minimum atomic E-state index is -4.85. The van der Waals surface area contributed by atoms with Crippen LogP contribution in [0.1, 0.15) is 46.8 Å². The molecule has 1 atom stereocenters. The van der Waals surface area contributed by atoms with Crippen LogP contribution in [-0.4, -0.2) is 40.5 Å². The average Bonchev–Trinajstić information content (AvgIpc) is 2.85. The standard InChI is InChI=1S/C25H26BrF3N4O2/c1-3-19(32(15-14-30-2)23(34)18-12-8-5-9-13-18)22-31-21(25(27,28)29)20(26)24(35)33(22)16-17-10-6-4-7-11-17/h4-13,19,30H,3,14-16H2,1-2H3. The van der Waals surface area contributed by atoms with E-state index >= 15 is 0 Å². The monoisotopic (exact) mass is 550 g/mol. The van der Waals surface area contributed by atoms with Gasteiger partial charge in [-0.05, 0) is 47.1 Å². The first-order valence-corrected chi connectivity index (χ1v) is 11.9. The summed E-state index contributed by atoms with van der Waals surface area (Å²) >= 11 is 2.82. The number of nitrogens with zero attached hydrogens (tertiary/aromatic N) is 3. The highest BCUT2D eigenvalue weighted by Crippen LogP contribution is 2.34. The number of alkyl halides is 3. The number of amides is 1. The van der Waals surface area contributed by atoms with Crippen molar-refractivity contribution in [1.29, 1.82) is 0 Å². The van der Waals surface area contributed by atoms with Crippen LogP contribution < -0.4 is 10.9 Å². The fourth-order valence-electron chi connectivity index (χ4n) is 3.83. The molecule has 6 nitrogen and oxygen atoms in total. The minimum Gasteiger partial charge on any atom is -0.327 e. The largest absolute Gasteiger partial charge is 0.434 e. The average molecular weight is 551 g/mol. The van der Waals surface area contributed by atoms with Crippen LogP contribution in [0.3, 0.4) is 0 Å². The SMILES string of the molecule is CCC(c1nc(C(F)(F)F)c(Br)c(=O)n1Cc1ccccc1)N(CCNC)C(=O)c1ccccc1. The first-order chi connectivity index (χ1) is 16.7. The minimum absolute atomic E-state index is 0.00857. The molecule has 3 rings (SSSR count). The van der Waals surface area contributed by atoms with Crippen molar-refractivity contribution in [2.24, 2.45) is 0 Å². The van der Waals surface area contributed by atoms with Crippen molar-refractivity contribution in [1.82, 2.24) is 19.8 Å². The Labute approximate surface area is 209 Å². The molecule has 0 aliphatic carbocycles. The molecule has 1 N–H and O–H groups in total. The topological polar surface area (TPSA) is 67.2 Å². The number of carbonyl (C=O) groups excluding carboxylic acids is 1. The highest BCUT2D eigenvalue weighted by molar-refractivity contribution is 9.10. The second-order valence-electron chi connectivity index (χ2n) is 7.90. The maximum absolute atomic E-state index is 13.8. The van der Waals surface area contributed by atoms with Crippen LogP contribution in [0, 0.1) is 0 Å². The van der Waals surface area contributed by atoms with E-state index in [1.165, 1.54) is 9.47 Å². The van der Waals surface area contributed by atoms with E-state index in [-0.39, 0.29) is 31.2 Å². The number of hydrogen-bond acceptors (Lipinski definition) is 4. The summed E-state index contributed by atoms with van der Waals surface area (Å²) < 4.78 is 42.1. The van der Waals surface area contributed by atoms with Gasteiger partial charge in [0.05, 0.1) is 12.6 Å². The quantitative estimate of drug-likeness (QED) is 0.412. The third-order valence-electron chi connectivity index (χ3n) is 5.54. The molecule has 1 heterocycles. The molecule has 35 heavy (non-hydrogen) atoms. The molecule has 0 aliphatic rings. The van der Waals surface area contributed by atoms with Gasteiger partial charge in [-0.3, -0.25) is 14.2 Å². The molecule has 0 saturated carbocycles. The lowest BCUT2D eigenvalue weighted by Crippen LogP contribution is -2.42. The van der Waals surface area contributed by atoms with Crippen molar-refractivity contribution < 1.29 is 18.0 Å². The Kier molecular flexibility index (Phi) is 8.85. The Morgan fingerprint density at radius 3 is 2.26 bits per heavy atom. The number of benzene rings is 2. The lowest BCUT2D eigenvalue weighted by molar-refractivity contribution is -0.142. The van der Waals surface area contributed by atoms with Gasteiger partial charge in [-0.25, -0.2) is 4.98 Å². The number of rotatable bonds is 9. The van der Waals surface area contributed by atoms with Crippen LogP contribution >= 0.6 is 15.9 Å². The highest BCUT2D eigenvalue weighted by Gasteiger charge is 2.39. The molecule has 0 radical (unpaired) electrons. The molecule has 0 bridgehead atoms. The first-order valence-electron chi connectivity index (χ1n) is 11.1. The van der Waals surface area contributed by atoms with Gasteiger partial charge in [-0.1, -0.05) is 55.5 Å². The maximum Gasteiger partial charge on any atom is 0.434 e. The Morgan fingerprint density at radius 2 is 1.71 bits per heavy atom. The fraction of sp³-hybridized carbons (Fsp3) is 0.320. The zero-order chi connectivity index (χ0) is 25.6. The van der Waals surface area contributed by atoms with E-state index in [9.17, 15) is 22.8 Å². The Bertz CT molecular complexity index is 1200. The molecule has 1 unspecified atom stereocenters. The van der Waals surface area contributed by atoms with Gasteiger partial charge in [-0.2, -0.15) is 13.2 Å². The zero-order valence-electron chi connectivity index (χ0n) is 19.3. The fourth-order valence-corrected chi connectivity index (χ4v) is 4.36. The Hall–Kier alpha value is -2.98. The molecule has 3 aromatic rings. The van der Waals surface area contributed by atoms with E-state index in [1.807, 2.05) is 0 Å². The van der Waals surface area contributed by atoms with Crippen LogP contribution in [0.15, 0.2) is 69.9 Å². The van der Waals surface area contributed by atoms with Crippen molar-refractivity contribution >= 4 is 21.8 Å². The molecule has 2 aromatic carbocycles. The summed E-state index contributed by atoms with van der Waals surface area (Å²) in [4.78, 5) is 32.1. The first kappa shape index (κ1) is 26.6. The number of nitrogens with one attached hydrogen (secondary N) is 1. The molecular formula is C25H26BrF3N4O2. The molecule has 186 valence electrons. The van der Waals surface area contributed by atoms with Gasteiger partial charge >= 0.3 is 6.18 Å². The van der Waals surface area contributed by atoms with Crippen molar-refractivity contribution in [2.75, 3.05) is 20.1 Å². The highest BCUT2D eigenvalue weighted by atomic mass is 79.9. The number of likely N-dealkylation sites (N-methyl/N-ethyl adjacent to an activating group) is 1. The summed E-state index contributed by atoms with van der Waals surface area (Å²) in [6.45, 7) is 2.38. The number of aromatic nitrogens is 2. The summed E-state index contributed by atoms with van der Waals surface area (Å²) in [5.41, 5.74) is -1.05. The third-order valence-corrected chi connectivity index (χ3v) is 6.26. The van der Waals surface area contributed by atoms with Gasteiger partial charge in [0.2, 0.25) is 0 Å². The van der Waals surface area contributed by atoms with Gasteiger partial charge in [-0.15, -0.1) is 0 Å². The molecule has 0 fully saturated rings. The molecule has 0 saturated heterocycles. The lowest BCUT2D eigenvalue weighted by atomic mass is 10.1. The Morgan fingerprint density at radius 1 is 1.11 bits per heavy atom. The van der Waals surface area contributed by atoms with E-state index in [4.69, 9.17) is 0 Å². The number of hydrogen-bond donors (Lipinski definition) is 1. The smallest absolute Gasteiger partial charge is 0.327 e. The normalized spacial score (nSPS) is 12.4. The van der Waals surface area contributed by atoms with Crippen LogP contribution in [0.5, 0.6) is 0 Å². The van der Waals surface area contributed by atoms with Crippen LogP contribution in [0.4, 0.5) is 13.2 Å². The summed E-state index contributed by atoms with van der Waals surface area (Å²) in [6, 6.07) is 16.5. The van der Waals surface area contributed by atoms with E-state index in [2.05, 4.69) is 26.2 Å². The molecular weight excluding hydrogens is 525 g/mol. The maximum atomic E-state index is 13.8. The van der Waals surface area contributed by atoms with E-state index in [0.717, 1.165) is 5.56 Å². The second-order valence-corrected chi connectivity index (χ2v) is 8.69. The molecule has 10 heteroatoms. The lowest BCUT2D eigenvalue weighted by Gasteiger charge is -2.33. The van der Waals surface area contributed by atoms with Gasteiger partial charge in [0.25, 0.3) is 11.5 Å². The molecule has 0 aliphatic heterocycles. The van der Waals surface area contributed by atoms with Crippen molar-refractivity contribution in [3.8, 4) is 0 Å². The number of carbonyl (C=O) groups is 1. The summed E-state index contributed by atoms with van der Waals surface area (Å²) in [5, 5.41) is 2.98. The van der Waals surface area contributed by atoms with Gasteiger partial charge in [0.15, 0.2) is 5.69 Å². The van der Waals surface area contributed by atoms with Crippen LogP contribution in [-0.2, 0) is 12.7 Å². The van der Waals surface area contributed by atoms with Crippen LogP contribution in [0.25, 0.3) is 0 Å². The van der Waals surface area contributed by atoms with E-state index in [1.54, 1.807) is 74.6 Å². The van der Waals surface area contributed by atoms with Gasteiger partial charge < -0.3 is 10.2 Å². The third kappa shape index (κ3) is 6.18. The molecule has 0 spiro atoms. The summed E-state index contributed by atoms with van der Waals surface area (Å²) in [6.07, 6.45) is -4.60. The Balaban J connectivity index is 2.22. The second kappa shape index (κ2) is 11.6. The van der Waals surface area contributed by atoms with Crippen LogP contribution in [0.2, 0.25) is 0 Å². The van der Waals surface area contributed by atoms with E-state index < -0.39 is 27.9 Å². The predicted octanol–water partition coefficient (Wildman–Crippen LogP) is 4.89.